The molecule has 0 spiro atoms. The number of H-pyrrole nitrogens is 1. The minimum absolute atomic E-state index is 0.107. The third-order valence-electron chi connectivity index (χ3n) is 3.37. The van der Waals surface area contributed by atoms with Gasteiger partial charge in [-0.2, -0.15) is 5.26 Å². The van der Waals surface area contributed by atoms with Gasteiger partial charge in [0.1, 0.15) is 12.4 Å². The summed E-state index contributed by atoms with van der Waals surface area (Å²) >= 11 is 0. The highest BCUT2D eigenvalue weighted by atomic mass is 16.5. The van der Waals surface area contributed by atoms with Crippen LogP contribution in [-0.4, -0.2) is 4.98 Å². The van der Waals surface area contributed by atoms with E-state index in [0.29, 0.717) is 29.0 Å². The molecule has 1 heterocycles. The molecular formula is C18H14N2O2. The third kappa shape index (κ3) is 2.99. The molecule has 0 aliphatic rings. The summed E-state index contributed by atoms with van der Waals surface area (Å²) in [6.07, 6.45) is 0.192. The molecule has 0 aliphatic carbocycles. The Hall–Kier alpha value is -3.06. The summed E-state index contributed by atoms with van der Waals surface area (Å²) < 4.78 is 5.73. The number of ether oxygens (including phenoxy) is 1. The fraction of sp³-hybridized carbons (Fsp3) is 0.111. The molecule has 4 nitrogen and oxygen atoms in total. The molecule has 0 radical (unpaired) electrons. The van der Waals surface area contributed by atoms with Crippen LogP contribution in [0.15, 0.2) is 59.4 Å². The van der Waals surface area contributed by atoms with Crippen molar-refractivity contribution < 1.29 is 4.74 Å². The molecule has 0 atom stereocenters. The average molecular weight is 290 g/mol. The molecule has 1 aromatic heterocycles. The van der Waals surface area contributed by atoms with Gasteiger partial charge in [0.25, 0.3) is 0 Å². The Morgan fingerprint density at radius 1 is 1.09 bits per heavy atom. The Kier molecular flexibility index (Phi) is 3.88. The Labute approximate surface area is 127 Å². The summed E-state index contributed by atoms with van der Waals surface area (Å²) in [5, 5.41) is 9.28. The number of aromatic nitrogens is 1. The van der Waals surface area contributed by atoms with E-state index in [4.69, 9.17) is 10.00 Å². The van der Waals surface area contributed by atoms with Gasteiger partial charge in [-0.1, -0.05) is 30.3 Å². The van der Waals surface area contributed by atoms with Gasteiger partial charge in [0.05, 0.1) is 12.5 Å². The standard InChI is InChI=1S/C18H14N2O2/c19-9-8-14-10-18(21)16-11-15(6-7-17(16)20-14)22-12-13-4-2-1-3-5-13/h1-7,10-11H,8,12H2,(H,20,21). The van der Waals surface area contributed by atoms with Crippen LogP contribution in [0.3, 0.4) is 0 Å². The first-order valence-electron chi connectivity index (χ1n) is 6.96. The summed E-state index contributed by atoms with van der Waals surface area (Å²) in [7, 11) is 0. The van der Waals surface area contributed by atoms with Crippen LogP contribution in [0, 0.1) is 11.3 Å². The molecule has 1 N–H and O–H groups in total. The first-order chi connectivity index (χ1) is 10.8. The van der Waals surface area contributed by atoms with Crippen LogP contribution in [0.2, 0.25) is 0 Å². The fourth-order valence-electron chi connectivity index (χ4n) is 2.29. The number of benzene rings is 2. The molecule has 3 rings (SSSR count). The molecular weight excluding hydrogens is 276 g/mol. The SMILES string of the molecule is N#CCc1cc(=O)c2cc(OCc3ccccc3)ccc2[nH]1. The summed E-state index contributed by atoms with van der Waals surface area (Å²) in [6, 6.07) is 18.7. The van der Waals surface area contributed by atoms with Crippen molar-refractivity contribution in [3.05, 3.63) is 76.1 Å². The number of nitriles is 1. The number of fused-ring (bicyclic) bond motifs is 1. The molecule has 22 heavy (non-hydrogen) atoms. The van der Waals surface area contributed by atoms with Gasteiger partial charge in [0.15, 0.2) is 5.43 Å². The zero-order valence-corrected chi connectivity index (χ0v) is 11.9. The van der Waals surface area contributed by atoms with E-state index in [2.05, 4.69) is 4.98 Å². The average Bonchev–Trinajstić information content (AvgIpc) is 2.54. The molecule has 0 amide bonds. The second-order valence-electron chi connectivity index (χ2n) is 4.98. The maximum absolute atomic E-state index is 12.1. The second kappa shape index (κ2) is 6.15. The molecule has 2 aromatic carbocycles. The number of hydrogen-bond acceptors (Lipinski definition) is 3. The molecule has 3 aromatic rings. The summed E-state index contributed by atoms with van der Waals surface area (Å²) in [5.74, 6) is 0.648. The van der Waals surface area contributed by atoms with Crippen molar-refractivity contribution >= 4 is 10.9 Å². The van der Waals surface area contributed by atoms with Gasteiger partial charge < -0.3 is 9.72 Å². The lowest BCUT2D eigenvalue weighted by Crippen LogP contribution is -2.05. The van der Waals surface area contributed by atoms with Gasteiger partial charge in [-0.25, -0.2) is 0 Å². The number of nitrogens with one attached hydrogen (secondary N) is 1. The van der Waals surface area contributed by atoms with Crippen LogP contribution < -0.4 is 10.2 Å². The van der Waals surface area contributed by atoms with Gasteiger partial charge in [0, 0.05) is 22.7 Å². The highest BCUT2D eigenvalue weighted by Crippen LogP contribution is 2.18. The van der Waals surface area contributed by atoms with Gasteiger partial charge in [0.2, 0.25) is 0 Å². The molecule has 0 fully saturated rings. The number of aromatic amines is 1. The van der Waals surface area contributed by atoms with E-state index in [1.807, 2.05) is 42.5 Å². The largest absolute Gasteiger partial charge is 0.489 e. The summed E-state index contributed by atoms with van der Waals surface area (Å²) in [4.78, 5) is 15.2. The zero-order chi connectivity index (χ0) is 15.4. The first kappa shape index (κ1) is 13.9. The van der Waals surface area contributed by atoms with Crippen molar-refractivity contribution in [1.82, 2.24) is 4.98 Å². The number of hydrogen-bond donors (Lipinski definition) is 1. The molecule has 0 bridgehead atoms. The Balaban J connectivity index is 1.87. The van der Waals surface area contributed by atoms with Gasteiger partial charge in [-0.15, -0.1) is 0 Å². The van der Waals surface area contributed by atoms with E-state index in [0.717, 1.165) is 5.56 Å². The van der Waals surface area contributed by atoms with Crippen LogP contribution in [0.4, 0.5) is 0 Å². The van der Waals surface area contributed by atoms with E-state index in [9.17, 15) is 4.79 Å². The predicted octanol–water partition coefficient (Wildman–Crippen LogP) is 3.17. The van der Waals surface area contributed by atoms with Crippen LogP contribution in [0.25, 0.3) is 10.9 Å². The van der Waals surface area contributed by atoms with Crippen molar-refractivity contribution in [2.75, 3.05) is 0 Å². The van der Waals surface area contributed by atoms with Crippen molar-refractivity contribution in [1.29, 1.82) is 5.26 Å². The van der Waals surface area contributed by atoms with E-state index in [1.54, 1.807) is 12.1 Å². The lowest BCUT2D eigenvalue weighted by atomic mass is 10.1. The van der Waals surface area contributed by atoms with Crippen molar-refractivity contribution in [3.8, 4) is 11.8 Å². The van der Waals surface area contributed by atoms with Crippen molar-refractivity contribution in [2.45, 2.75) is 13.0 Å². The molecule has 0 unspecified atom stereocenters. The Morgan fingerprint density at radius 3 is 2.68 bits per heavy atom. The van der Waals surface area contributed by atoms with E-state index >= 15 is 0 Å². The lowest BCUT2D eigenvalue weighted by Gasteiger charge is -2.08. The fourth-order valence-corrected chi connectivity index (χ4v) is 2.29. The number of rotatable bonds is 4. The zero-order valence-electron chi connectivity index (χ0n) is 11.9. The van der Waals surface area contributed by atoms with E-state index in [-0.39, 0.29) is 11.8 Å². The summed E-state index contributed by atoms with van der Waals surface area (Å²) in [6.45, 7) is 0.455. The third-order valence-corrected chi connectivity index (χ3v) is 3.37. The van der Waals surface area contributed by atoms with Crippen LogP contribution >= 0.6 is 0 Å². The number of nitrogens with zero attached hydrogens (tertiary/aromatic N) is 1. The number of pyridine rings is 1. The second-order valence-corrected chi connectivity index (χ2v) is 4.98. The van der Waals surface area contributed by atoms with E-state index in [1.165, 1.54) is 6.07 Å². The quantitative estimate of drug-likeness (QED) is 0.802. The van der Waals surface area contributed by atoms with Gasteiger partial charge in [-0.3, -0.25) is 4.79 Å². The smallest absolute Gasteiger partial charge is 0.189 e. The van der Waals surface area contributed by atoms with Crippen molar-refractivity contribution in [2.24, 2.45) is 0 Å². The minimum Gasteiger partial charge on any atom is -0.489 e. The molecule has 108 valence electrons. The molecule has 0 saturated heterocycles. The molecule has 0 aliphatic heterocycles. The normalized spacial score (nSPS) is 10.3. The van der Waals surface area contributed by atoms with Gasteiger partial charge in [-0.05, 0) is 23.8 Å². The predicted molar refractivity (Wildman–Crippen MR) is 84.7 cm³/mol. The summed E-state index contributed by atoms with van der Waals surface area (Å²) in [5.41, 5.74) is 2.30. The Bertz CT molecular complexity index is 892. The van der Waals surface area contributed by atoms with Crippen LogP contribution in [0.5, 0.6) is 5.75 Å². The van der Waals surface area contributed by atoms with Gasteiger partial charge >= 0.3 is 0 Å². The Morgan fingerprint density at radius 2 is 1.91 bits per heavy atom. The van der Waals surface area contributed by atoms with Crippen LogP contribution in [-0.2, 0) is 13.0 Å². The first-order valence-corrected chi connectivity index (χ1v) is 6.96. The monoisotopic (exact) mass is 290 g/mol. The minimum atomic E-state index is -0.107. The maximum atomic E-state index is 12.1. The van der Waals surface area contributed by atoms with Crippen molar-refractivity contribution in [3.63, 3.8) is 0 Å². The topological polar surface area (TPSA) is 65.9 Å². The molecule has 4 heteroatoms. The van der Waals surface area contributed by atoms with E-state index < -0.39 is 0 Å². The van der Waals surface area contributed by atoms with Crippen LogP contribution in [0.1, 0.15) is 11.3 Å². The highest BCUT2D eigenvalue weighted by molar-refractivity contribution is 5.80. The maximum Gasteiger partial charge on any atom is 0.189 e. The molecule has 0 saturated carbocycles. The highest BCUT2D eigenvalue weighted by Gasteiger charge is 2.04. The lowest BCUT2D eigenvalue weighted by molar-refractivity contribution is 0.306.